The number of amides is 1. The molecule has 3 rings (SSSR count). The van der Waals surface area contributed by atoms with Crippen LogP contribution >= 0.6 is 0 Å². The Bertz CT molecular complexity index is 792. The lowest BCUT2D eigenvalue weighted by atomic mass is 10.1. The summed E-state index contributed by atoms with van der Waals surface area (Å²) in [5.74, 6) is -0.318. The molecule has 1 aromatic heterocycles. The van der Waals surface area contributed by atoms with Gasteiger partial charge in [-0.05, 0) is 41.6 Å². The van der Waals surface area contributed by atoms with Crippen LogP contribution in [0, 0.1) is 5.82 Å². The van der Waals surface area contributed by atoms with Gasteiger partial charge >= 0.3 is 0 Å². The summed E-state index contributed by atoms with van der Waals surface area (Å²) >= 11 is 0. The van der Waals surface area contributed by atoms with E-state index in [1.165, 1.54) is 23.0 Å². The Morgan fingerprint density at radius 3 is 2.65 bits per heavy atom. The Morgan fingerprint density at radius 1 is 1.04 bits per heavy atom. The first-order chi connectivity index (χ1) is 11.2. The first kappa shape index (κ1) is 15.3. The lowest BCUT2D eigenvalue weighted by molar-refractivity contribution is -0.120. The van der Waals surface area contributed by atoms with Gasteiger partial charge in [-0.3, -0.25) is 4.79 Å². The molecule has 0 aliphatic rings. The molecule has 1 N–H and O–H groups in total. The van der Waals surface area contributed by atoms with Gasteiger partial charge in [0.25, 0.3) is 0 Å². The van der Waals surface area contributed by atoms with Crippen molar-refractivity contribution in [1.29, 1.82) is 0 Å². The Labute approximate surface area is 134 Å². The van der Waals surface area contributed by atoms with Crippen molar-refractivity contribution in [2.45, 2.75) is 19.4 Å². The maximum absolute atomic E-state index is 12.8. The summed E-state index contributed by atoms with van der Waals surface area (Å²) in [5.41, 5.74) is 2.03. The smallest absolute Gasteiger partial charge is 0.224 e. The van der Waals surface area contributed by atoms with E-state index in [0.717, 1.165) is 18.5 Å². The Hall–Kier alpha value is -2.62. The van der Waals surface area contributed by atoms with Crippen molar-refractivity contribution in [1.82, 2.24) is 9.88 Å². The predicted octanol–water partition coefficient (Wildman–Crippen LogP) is 3.53. The van der Waals surface area contributed by atoms with E-state index in [0.29, 0.717) is 6.54 Å². The highest BCUT2D eigenvalue weighted by atomic mass is 19.1. The van der Waals surface area contributed by atoms with Crippen molar-refractivity contribution in [2.75, 3.05) is 6.54 Å². The van der Waals surface area contributed by atoms with Crippen molar-refractivity contribution in [3.8, 4) is 0 Å². The molecule has 0 spiro atoms. The summed E-state index contributed by atoms with van der Waals surface area (Å²) in [5, 5.41) is 4.14. The number of nitrogens with one attached hydrogen (secondary N) is 1. The van der Waals surface area contributed by atoms with Crippen molar-refractivity contribution in [3.05, 3.63) is 72.2 Å². The monoisotopic (exact) mass is 310 g/mol. The van der Waals surface area contributed by atoms with E-state index in [1.54, 1.807) is 12.1 Å². The molecule has 23 heavy (non-hydrogen) atoms. The van der Waals surface area contributed by atoms with Gasteiger partial charge in [-0.15, -0.1) is 0 Å². The number of aromatic nitrogens is 1. The molecule has 0 aliphatic carbocycles. The number of para-hydroxylation sites is 1. The van der Waals surface area contributed by atoms with E-state index < -0.39 is 0 Å². The number of aryl methyl sites for hydroxylation is 1. The normalized spacial score (nSPS) is 10.8. The second-order valence-electron chi connectivity index (χ2n) is 5.57. The van der Waals surface area contributed by atoms with E-state index in [9.17, 15) is 9.18 Å². The van der Waals surface area contributed by atoms with Gasteiger partial charge < -0.3 is 9.88 Å². The number of hydrogen-bond donors (Lipinski definition) is 1. The third-order valence-electron chi connectivity index (χ3n) is 3.86. The summed E-state index contributed by atoms with van der Waals surface area (Å²) in [4.78, 5) is 11.9. The molecule has 3 aromatic rings. The van der Waals surface area contributed by atoms with Gasteiger partial charge in [0.1, 0.15) is 5.82 Å². The number of rotatable bonds is 6. The third-order valence-corrected chi connectivity index (χ3v) is 3.86. The van der Waals surface area contributed by atoms with E-state index in [4.69, 9.17) is 0 Å². The van der Waals surface area contributed by atoms with Crippen LogP contribution in [0.5, 0.6) is 0 Å². The van der Waals surface area contributed by atoms with Gasteiger partial charge in [-0.2, -0.15) is 0 Å². The molecular formula is C19H19FN2O. The second-order valence-corrected chi connectivity index (χ2v) is 5.57. The minimum atomic E-state index is -0.284. The highest BCUT2D eigenvalue weighted by molar-refractivity contribution is 5.80. The number of carbonyl (C=O) groups excluding carboxylic acids is 1. The van der Waals surface area contributed by atoms with Gasteiger partial charge in [0.15, 0.2) is 0 Å². The van der Waals surface area contributed by atoms with Gasteiger partial charge in [0.05, 0.1) is 6.42 Å². The zero-order chi connectivity index (χ0) is 16.1. The molecule has 0 aliphatic heterocycles. The molecular weight excluding hydrogens is 291 g/mol. The SMILES string of the molecule is O=C(Cc1ccc(F)cc1)NCCCn1ccc2ccccc21. The van der Waals surface area contributed by atoms with Gasteiger partial charge in [-0.25, -0.2) is 4.39 Å². The molecule has 1 amide bonds. The highest BCUT2D eigenvalue weighted by Crippen LogP contribution is 2.15. The van der Waals surface area contributed by atoms with Crippen LogP contribution in [-0.2, 0) is 17.8 Å². The summed E-state index contributed by atoms with van der Waals surface area (Å²) in [6, 6.07) is 16.4. The summed E-state index contributed by atoms with van der Waals surface area (Å²) < 4.78 is 15.0. The lowest BCUT2D eigenvalue weighted by Crippen LogP contribution is -2.26. The quantitative estimate of drug-likeness (QED) is 0.694. The predicted molar refractivity (Wildman–Crippen MR) is 89.7 cm³/mol. The van der Waals surface area contributed by atoms with Crippen molar-refractivity contribution in [3.63, 3.8) is 0 Å². The van der Waals surface area contributed by atoms with Crippen LogP contribution in [0.4, 0.5) is 4.39 Å². The molecule has 0 unspecified atom stereocenters. The topological polar surface area (TPSA) is 34.0 Å². The van der Waals surface area contributed by atoms with Gasteiger partial charge in [-0.1, -0.05) is 30.3 Å². The van der Waals surface area contributed by atoms with E-state index in [2.05, 4.69) is 34.3 Å². The fourth-order valence-corrected chi connectivity index (χ4v) is 2.66. The highest BCUT2D eigenvalue weighted by Gasteiger charge is 2.04. The van der Waals surface area contributed by atoms with Crippen molar-refractivity contribution >= 4 is 16.8 Å². The third kappa shape index (κ3) is 3.97. The molecule has 2 aromatic carbocycles. The number of hydrogen-bond acceptors (Lipinski definition) is 1. The molecule has 0 radical (unpaired) electrons. The molecule has 118 valence electrons. The van der Waals surface area contributed by atoms with Crippen LogP contribution < -0.4 is 5.32 Å². The van der Waals surface area contributed by atoms with Crippen molar-refractivity contribution in [2.24, 2.45) is 0 Å². The number of halogens is 1. The second kappa shape index (κ2) is 7.09. The van der Waals surface area contributed by atoms with Crippen LogP contribution in [0.2, 0.25) is 0 Å². The van der Waals surface area contributed by atoms with Crippen LogP contribution in [0.3, 0.4) is 0 Å². The molecule has 0 fully saturated rings. The molecule has 1 heterocycles. The zero-order valence-corrected chi connectivity index (χ0v) is 12.8. The van der Waals surface area contributed by atoms with Crippen molar-refractivity contribution < 1.29 is 9.18 Å². The minimum absolute atomic E-state index is 0.0334. The molecule has 0 atom stereocenters. The standard InChI is InChI=1S/C19H19FN2O/c20-17-8-6-15(7-9-17)14-19(23)21-11-3-12-22-13-10-16-4-1-2-5-18(16)22/h1-2,4-10,13H,3,11-12,14H2,(H,21,23). The number of fused-ring (bicyclic) bond motifs is 1. The molecule has 3 nitrogen and oxygen atoms in total. The Balaban J connectivity index is 1.44. The lowest BCUT2D eigenvalue weighted by Gasteiger charge is -2.07. The van der Waals surface area contributed by atoms with Crippen LogP contribution in [0.25, 0.3) is 10.9 Å². The molecule has 4 heteroatoms. The first-order valence-corrected chi connectivity index (χ1v) is 7.77. The van der Waals surface area contributed by atoms with Crippen LogP contribution in [0.1, 0.15) is 12.0 Å². The number of carbonyl (C=O) groups is 1. The van der Waals surface area contributed by atoms with Gasteiger partial charge in [0.2, 0.25) is 5.91 Å². The van der Waals surface area contributed by atoms with Crippen LogP contribution in [-0.4, -0.2) is 17.0 Å². The number of nitrogens with zero attached hydrogens (tertiary/aromatic N) is 1. The molecule has 0 bridgehead atoms. The van der Waals surface area contributed by atoms with Crippen LogP contribution in [0.15, 0.2) is 60.8 Å². The molecule has 0 saturated carbocycles. The summed E-state index contributed by atoms with van der Waals surface area (Å²) in [6.07, 6.45) is 3.23. The average molecular weight is 310 g/mol. The first-order valence-electron chi connectivity index (χ1n) is 7.77. The van der Waals surface area contributed by atoms with Gasteiger partial charge in [0, 0.05) is 24.8 Å². The summed E-state index contributed by atoms with van der Waals surface area (Å²) in [6.45, 7) is 1.50. The number of benzene rings is 2. The largest absolute Gasteiger partial charge is 0.356 e. The summed E-state index contributed by atoms with van der Waals surface area (Å²) in [7, 11) is 0. The Kier molecular flexibility index (Phi) is 4.71. The van der Waals surface area contributed by atoms with E-state index in [-0.39, 0.29) is 18.1 Å². The maximum atomic E-state index is 12.8. The minimum Gasteiger partial charge on any atom is -0.356 e. The Morgan fingerprint density at radius 2 is 1.83 bits per heavy atom. The maximum Gasteiger partial charge on any atom is 0.224 e. The fraction of sp³-hybridized carbons (Fsp3) is 0.211. The van der Waals surface area contributed by atoms with E-state index >= 15 is 0 Å². The average Bonchev–Trinajstić information content (AvgIpc) is 2.97. The molecule has 0 saturated heterocycles. The zero-order valence-electron chi connectivity index (χ0n) is 12.8. The van der Waals surface area contributed by atoms with E-state index in [1.807, 2.05) is 12.1 Å². The fourth-order valence-electron chi connectivity index (χ4n) is 2.66.